The maximum atomic E-state index is 12.8. The van der Waals surface area contributed by atoms with Crippen molar-refractivity contribution in [2.45, 2.75) is 36.8 Å². The molecule has 1 aromatic carbocycles. The van der Waals surface area contributed by atoms with Crippen LogP contribution in [0.1, 0.15) is 23.4 Å². The zero-order chi connectivity index (χ0) is 19.0. The third-order valence-electron chi connectivity index (χ3n) is 4.60. The van der Waals surface area contributed by atoms with Gasteiger partial charge in [-0.05, 0) is 37.1 Å². The summed E-state index contributed by atoms with van der Waals surface area (Å²) in [7, 11) is -3.60. The van der Waals surface area contributed by atoms with E-state index in [2.05, 4.69) is 10.3 Å². The van der Waals surface area contributed by atoms with Crippen LogP contribution in [-0.2, 0) is 32.5 Å². The van der Waals surface area contributed by atoms with Gasteiger partial charge in [0.1, 0.15) is 6.10 Å². The topological polar surface area (TPSA) is 88.6 Å². The molecule has 1 atom stereocenters. The molecule has 3 heterocycles. The van der Waals surface area contributed by atoms with E-state index < -0.39 is 16.1 Å². The summed E-state index contributed by atoms with van der Waals surface area (Å²) in [5.74, 6) is -0.191. The summed E-state index contributed by atoms with van der Waals surface area (Å²) in [6.45, 7) is 1.19. The molecule has 2 aromatic rings. The molecule has 1 unspecified atom stereocenters. The van der Waals surface area contributed by atoms with Crippen molar-refractivity contribution in [3.05, 3.63) is 39.9 Å². The molecule has 2 aliphatic heterocycles. The first-order valence-electron chi connectivity index (χ1n) is 8.60. The van der Waals surface area contributed by atoms with Gasteiger partial charge in [0.05, 0.1) is 17.1 Å². The maximum Gasteiger partial charge on any atom is 0.255 e. The molecule has 0 radical (unpaired) electrons. The molecule has 1 aromatic heterocycles. The number of benzene rings is 1. The zero-order valence-corrected chi connectivity index (χ0v) is 16.7. The van der Waals surface area contributed by atoms with Gasteiger partial charge >= 0.3 is 0 Å². The smallest absolute Gasteiger partial charge is 0.255 e. The first-order valence-corrected chi connectivity index (χ1v) is 11.2. The van der Waals surface area contributed by atoms with Gasteiger partial charge in [-0.2, -0.15) is 4.31 Å². The molecule has 1 saturated heterocycles. The lowest BCUT2D eigenvalue weighted by Gasteiger charge is -2.25. The van der Waals surface area contributed by atoms with E-state index in [-0.39, 0.29) is 17.3 Å². The number of carbonyl (C=O) groups is 1. The monoisotopic (exact) mass is 427 g/mol. The van der Waals surface area contributed by atoms with Gasteiger partial charge in [-0.1, -0.05) is 11.6 Å². The number of thiazole rings is 1. The molecule has 1 amide bonds. The van der Waals surface area contributed by atoms with Crippen LogP contribution >= 0.6 is 22.9 Å². The minimum atomic E-state index is -3.60. The van der Waals surface area contributed by atoms with Crippen LogP contribution in [-0.4, -0.2) is 42.9 Å². The predicted octanol–water partition coefficient (Wildman–Crippen LogP) is 2.66. The lowest BCUT2D eigenvalue weighted by molar-refractivity contribution is -0.124. The van der Waals surface area contributed by atoms with Crippen molar-refractivity contribution in [2.24, 2.45) is 0 Å². The van der Waals surface area contributed by atoms with E-state index >= 15 is 0 Å². The van der Waals surface area contributed by atoms with Crippen LogP contribution < -0.4 is 5.32 Å². The lowest BCUT2D eigenvalue weighted by Crippen LogP contribution is -2.35. The van der Waals surface area contributed by atoms with Gasteiger partial charge in [0, 0.05) is 29.5 Å². The fraction of sp³-hybridized carbons (Fsp3) is 0.412. The van der Waals surface area contributed by atoms with Crippen LogP contribution in [0.2, 0.25) is 5.02 Å². The fourth-order valence-electron chi connectivity index (χ4n) is 3.16. The van der Waals surface area contributed by atoms with E-state index in [0.717, 1.165) is 17.0 Å². The molecule has 1 N–H and O–H groups in total. The highest BCUT2D eigenvalue weighted by atomic mass is 35.5. The lowest BCUT2D eigenvalue weighted by atomic mass is 10.2. The molecule has 0 spiro atoms. The summed E-state index contributed by atoms with van der Waals surface area (Å²) in [6.07, 6.45) is 1.68. The Bertz CT molecular complexity index is 953. The highest BCUT2D eigenvalue weighted by Crippen LogP contribution is 2.31. The van der Waals surface area contributed by atoms with Crippen molar-refractivity contribution in [1.82, 2.24) is 9.29 Å². The summed E-state index contributed by atoms with van der Waals surface area (Å²) in [4.78, 5) is 17.7. The van der Waals surface area contributed by atoms with E-state index in [1.54, 1.807) is 12.1 Å². The molecule has 144 valence electrons. The molecule has 27 heavy (non-hydrogen) atoms. The van der Waals surface area contributed by atoms with Crippen molar-refractivity contribution in [2.75, 3.05) is 18.5 Å². The Labute approximate surface area is 166 Å². The predicted molar refractivity (Wildman–Crippen MR) is 102 cm³/mol. The molecule has 0 saturated carbocycles. The Morgan fingerprint density at radius 1 is 1.33 bits per heavy atom. The normalized spacial score (nSPS) is 20.4. The molecule has 0 bridgehead atoms. The van der Waals surface area contributed by atoms with E-state index in [1.165, 1.54) is 27.8 Å². The van der Waals surface area contributed by atoms with Crippen molar-refractivity contribution in [3.8, 4) is 0 Å². The van der Waals surface area contributed by atoms with Crippen LogP contribution in [0.25, 0.3) is 0 Å². The van der Waals surface area contributed by atoms with E-state index in [4.69, 9.17) is 16.3 Å². The van der Waals surface area contributed by atoms with Gasteiger partial charge in [-0.15, -0.1) is 11.3 Å². The summed E-state index contributed by atoms with van der Waals surface area (Å²) < 4.78 is 32.5. The first kappa shape index (κ1) is 18.8. The highest BCUT2D eigenvalue weighted by molar-refractivity contribution is 7.89. The van der Waals surface area contributed by atoms with Crippen molar-refractivity contribution in [3.63, 3.8) is 0 Å². The van der Waals surface area contributed by atoms with Crippen LogP contribution in [0.4, 0.5) is 5.13 Å². The second-order valence-corrected chi connectivity index (χ2v) is 9.88. The molecule has 7 nitrogen and oxygen atoms in total. The number of sulfonamides is 1. The van der Waals surface area contributed by atoms with E-state index in [0.29, 0.717) is 36.1 Å². The summed E-state index contributed by atoms with van der Waals surface area (Å²) >= 11 is 7.16. The summed E-state index contributed by atoms with van der Waals surface area (Å²) in [5, 5.41) is 3.78. The largest absolute Gasteiger partial charge is 0.368 e. The SMILES string of the molecule is O=C(Nc1nc2c(s1)CN(S(=O)(=O)c1ccc(Cl)cc1)CC2)C1CCCO1. The van der Waals surface area contributed by atoms with E-state index in [1.807, 2.05) is 0 Å². The number of nitrogens with one attached hydrogen (secondary N) is 1. The van der Waals surface area contributed by atoms with Gasteiger partial charge in [0.15, 0.2) is 5.13 Å². The van der Waals surface area contributed by atoms with Gasteiger partial charge in [-0.25, -0.2) is 13.4 Å². The number of carbonyl (C=O) groups excluding carboxylic acids is 1. The Kier molecular flexibility index (Phi) is 5.21. The number of hydrogen-bond acceptors (Lipinski definition) is 6. The quantitative estimate of drug-likeness (QED) is 0.810. The standard InChI is InChI=1S/C17H18ClN3O4S2/c18-11-3-5-12(6-4-11)27(23,24)21-8-7-13-15(10-21)26-17(19-13)20-16(22)14-2-1-9-25-14/h3-6,14H,1-2,7-10H2,(H,19,20,22). The average Bonchev–Trinajstić information content (AvgIpc) is 3.30. The molecule has 2 aliphatic rings. The number of fused-ring (bicyclic) bond motifs is 1. The minimum absolute atomic E-state index is 0.191. The van der Waals surface area contributed by atoms with E-state index in [9.17, 15) is 13.2 Å². The Morgan fingerprint density at radius 2 is 2.11 bits per heavy atom. The second kappa shape index (κ2) is 7.48. The third kappa shape index (κ3) is 3.88. The van der Waals surface area contributed by atoms with Crippen LogP contribution in [0.3, 0.4) is 0 Å². The third-order valence-corrected chi connectivity index (χ3v) is 7.71. The molecule has 10 heteroatoms. The van der Waals surface area contributed by atoms with Crippen molar-refractivity contribution < 1.29 is 17.9 Å². The fourth-order valence-corrected chi connectivity index (χ4v) is 5.80. The molecule has 1 fully saturated rings. The number of ether oxygens (including phenoxy) is 1. The molecular weight excluding hydrogens is 410 g/mol. The van der Waals surface area contributed by atoms with Crippen molar-refractivity contribution >= 4 is 44.0 Å². The Hall–Kier alpha value is -1.52. The highest BCUT2D eigenvalue weighted by Gasteiger charge is 2.31. The minimum Gasteiger partial charge on any atom is -0.368 e. The van der Waals surface area contributed by atoms with Crippen LogP contribution in [0.5, 0.6) is 0 Å². The summed E-state index contributed by atoms with van der Waals surface area (Å²) in [6, 6.07) is 6.14. The Morgan fingerprint density at radius 3 is 2.81 bits per heavy atom. The number of aromatic nitrogens is 1. The molecule has 4 rings (SSSR count). The number of halogens is 1. The van der Waals surface area contributed by atoms with Gasteiger partial charge in [0.2, 0.25) is 10.0 Å². The summed E-state index contributed by atoms with van der Waals surface area (Å²) in [5.41, 5.74) is 0.838. The molecule has 0 aliphatic carbocycles. The number of amides is 1. The van der Waals surface area contributed by atoms with Gasteiger partial charge < -0.3 is 4.74 Å². The van der Waals surface area contributed by atoms with Crippen molar-refractivity contribution in [1.29, 1.82) is 0 Å². The number of rotatable bonds is 4. The maximum absolute atomic E-state index is 12.8. The zero-order valence-electron chi connectivity index (χ0n) is 14.4. The van der Waals surface area contributed by atoms with Gasteiger partial charge in [-0.3, -0.25) is 10.1 Å². The van der Waals surface area contributed by atoms with Gasteiger partial charge in [0.25, 0.3) is 5.91 Å². The first-order chi connectivity index (χ1) is 12.9. The number of hydrogen-bond donors (Lipinski definition) is 1. The van der Waals surface area contributed by atoms with Crippen LogP contribution in [0.15, 0.2) is 29.2 Å². The number of nitrogens with zero attached hydrogens (tertiary/aromatic N) is 2. The molecular formula is C17H18ClN3O4S2. The number of anilines is 1. The second-order valence-electron chi connectivity index (χ2n) is 6.42. The average molecular weight is 428 g/mol. The Balaban J connectivity index is 1.49. The van der Waals surface area contributed by atoms with Crippen LogP contribution in [0, 0.1) is 0 Å².